The third-order valence-electron chi connectivity index (χ3n) is 2.04. The molecule has 0 aromatic carbocycles. The van der Waals surface area contributed by atoms with Gasteiger partial charge in [-0.3, -0.25) is 0 Å². The van der Waals surface area contributed by atoms with E-state index < -0.39 is 0 Å². The van der Waals surface area contributed by atoms with Crippen molar-refractivity contribution in [2.24, 2.45) is 0 Å². The molecule has 1 aromatic heterocycles. The average molecular weight is 210 g/mol. The lowest BCUT2D eigenvalue weighted by Gasteiger charge is -2.05. The zero-order chi connectivity index (χ0) is 11.1. The molecule has 0 unspecified atom stereocenters. The van der Waals surface area contributed by atoms with E-state index in [0.717, 1.165) is 37.6 Å². The Morgan fingerprint density at radius 2 is 2.00 bits per heavy atom. The fourth-order valence-corrected chi connectivity index (χ4v) is 1.05. The molecule has 84 valence electrons. The van der Waals surface area contributed by atoms with Gasteiger partial charge in [0.2, 0.25) is 5.95 Å². The van der Waals surface area contributed by atoms with Crippen molar-refractivity contribution in [2.75, 3.05) is 25.1 Å². The maximum Gasteiger partial charge on any atom is 0.242 e. The normalized spacial score (nSPS) is 10.3. The molecule has 5 heteroatoms. The van der Waals surface area contributed by atoms with E-state index in [2.05, 4.69) is 20.5 Å². The van der Waals surface area contributed by atoms with Crippen LogP contribution in [0.2, 0.25) is 0 Å². The molecule has 1 rings (SSSR count). The van der Waals surface area contributed by atoms with Gasteiger partial charge in [0.25, 0.3) is 0 Å². The summed E-state index contributed by atoms with van der Waals surface area (Å²) in [7, 11) is 0. The molecule has 0 atom stereocenters. The quantitative estimate of drug-likeness (QED) is 0.718. The van der Waals surface area contributed by atoms with Crippen molar-refractivity contribution >= 4 is 5.95 Å². The monoisotopic (exact) mass is 210 g/mol. The largest absolute Gasteiger partial charge is 0.382 e. The van der Waals surface area contributed by atoms with E-state index in [9.17, 15) is 0 Å². The van der Waals surface area contributed by atoms with Crippen LogP contribution in [0.4, 0.5) is 5.95 Å². The molecular formula is C10H18N4O. The molecule has 15 heavy (non-hydrogen) atoms. The molecule has 1 heterocycles. The van der Waals surface area contributed by atoms with Crippen molar-refractivity contribution in [2.45, 2.75) is 27.2 Å². The number of aromatic nitrogens is 3. The second-order valence-electron chi connectivity index (χ2n) is 3.28. The van der Waals surface area contributed by atoms with Gasteiger partial charge in [-0.15, -0.1) is 5.10 Å². The third-order valence-corrected chi connectivity index (χ3v) is 2.04. The second kappa shape index (κ2) is 6.29. The zero-order valence-corrected chi connectivity index (χ0v) is 9.58. The maximum absolute atomic E-state index is 5.22. The van der Waals surface area contributed by atoms with E-state index in [1.165, 1.54) is 0 Å². The van der Waals surface area contributed by atoms with Gasteiger partial charge < -0.3 is 10.1 Å². The van der Waals surface area contributed by atoms with Crippen LogP contribution in [0.25, 0.3) is 0 Å². The number of ether oxygens (including phenoxy) is 1. The summed E-state index contributed by atoms with van der Waals surface area (Å²) in [5.74, 6) is 0.592. The van der Waals surface area contributed by atoms with Crippen LogP contribution >= 0.6 is 0 Å². The first kappa shape index (κ1) is 11.8. The Kier molecular flexibility index (Phi) is 4.97. The van der Waals surface area contributed by atoms with Gasteiger partial charge in [-0.1, -0.05) is 0 Å². The lowest BCUT2D eigenvalue weighted by atomic mass is 10.4. The predicted octanol–water partition coefficient (Wildman–Crippen LogP) is 1.33. The summed E-state index contributed by atoms with van der Waals surface area (Å²) < 4.78 is 5.22. The molecule has 0 radical (unpaired) electrons. The van der Waals surface area contributed by atoms with Crippen LogP contribution < -0.4 is 5.32 Å². The summed E-state index contributed by atoms with van der Waals surface area (Å²) in [6.07, 6.45) is 0.949. The highest BCUT2D eigenvalue weighted by Crippen LogP contribution is 2.01. The van der Waals surface area contributed by atoms with Gasteiger partial charge in [-0.2, -0.15) is 5.10 Å². The lowest BCUT2D eigenvalue weighted by Crippen LogP contribution is -2.10. The van der Waals surface area contributed by atoms with Gasteiger partial charge in [0, 0.05) is 19.8 Å². The lowest BCUT2D eigenvalue weighted by molar-refractivity contribution is 0.147. The first-order valence-corrected chi connectivity index (χ1v) is 5.23. The minimum absolute atomic E-state index is 0.592. The molecule has 0 spiro atoms. The van der Waals surface area contributed by atoms with Crippen molar-refractivity contribution in [3.05, 3.63) is 11.4 Å². The summed E-state index contributed by atoms with van der Waals surface area (Å²) in [6, 6.07) is 0. The van der Waals surface area contributed by atoms with Crippen LogP contribution in [0, 0.1) is 13.8 Å². The van der Waals surface area contributed by atoms with E-state index in [1.54, 1.807) is 0 Å². The van der Waals surface area contributed by atoms with Crippen molar-refractivity contribution in [1.29, 1.82) is 0 Å². The van der Waals surface area contributed by atoms with Crippen LogP contribution in [0.5, 0.6) is 0 Å². The molecule has 0 saturated heterocycles. The molecule has 0 saturated carbocycles. The van der Waals surface area contributed by atoms with E-state index >= 15 is 0 Å². The van der Waals surface area contributed by atoms with Crippen LogP contribution in [-0.4, -0.2) is 34.9 Å². The highest BCUT2D eigenvalue weighted by atomic mass is 16.5. The van der Waals surface area contributed by atoms with Crippen LogP contribution in [0.1, 0.15) is 24.7 Å². The SMILES string of the molecule is CCOCCCNc1nnc(C)c(C)n1. The van der Waals surface area contributed by atoms with Crippen LogP contribution in [0.15, 0.2) is 0 Å². The molecule has 0 aliphatic carbocycles. The van der Waals surface area contributed by atoms with E-state index in [4.69, 9.17) is 4.74 Å². The zero-order valence-electron chi connectivity index (χ0n) is 9.58. The van der Waals surface area contributed by atoms with Gasteiger partial charge >= 0.3 is 0 Å². The Morgan fingerprint density at radius 3 is 2.67 bits per heavy atom. The molecule has 0 amide bonds. The molecule has 1 aromatic rings. The summed E-state index contributed by atoms with van der Waals surface area (Å²) in [5.41, 5.74) is 1.78. The van der Waals surface area contributed by atoms with Gasteiger partial charge in [0.1, 0.15) is 0 Å². The Hall–Kier alpha value is -1.23. The second-order valence-corrected chi connectivity index (χ2v) is 3.28. The van der Waals surface area contributed by atoms with Crippen molar-refractivity contribution < 1.29 is 4.74 Å². The Morgan fingerprint density at radius 1 is 1.20 bits per heavy atom. The van der Waals surface area contributed by atoms with E-state index in [0.29, 0.717) is 5.95 Å². The predicted molar refractivity (Wildman–Crippen MR) is 58.9 cm³/mol. The minimum atomic E-state index is 0.592. The first-order chi connectivity index (χ1) is 7.24. The van der Waals surface area contributed by atoms with Crippen molar-refractivity contribution in [3.63, 3.8) is 0 Å². The minimum Gasteiger partial charge on any atom is -0.382 e. The average Bonchev–Trinajstić information content (AvgIpc) is 2.23. The highest BCUT2D eigenvalue weighted by Gasteiger charge is 1.99. The van der Waals surface area contributed by atoms with Crippen LogP contribution in [0.3, 0.4) is 0 Å². The fraction of sp³-hybridized carbons (Fsp3) is 0.700. The smallest absolute Gasteiger partial charge is 0.242 e. The van der Waals surface area contributed by atoms with Crippen molar-refractivity contribution in [1.82, 2.24) is 15.2 Å². The van der Waals surface area contributed by atoms with Crippen molar-refractivity contribution in [3.8, 4) is 0 Å². The molecule has 1 N–H and O–H groups in total. The fourth-order valence-electron chi connectivity index (χ4n) is 1.05. The summed E-state index contributed by atoms with van der Waals surface area (Å²) >= 11 is 0. The third kappa shape index (κ3) is 4.20. The van der Waals surface area contributed by atoms with Gasteiger partial charge in [-0.25, -0.2) is 4.98 Å². The molecule has 0 bridgehead atoms. The summed E-state index contributed by atoms with van der Waals surface area (Å²) in [5, 5.41) is 11.0. The Labute approximate surface area is 90.3 Å². The molecule has 0 aliphatic heterocycles. The number of aryl methyl sites for hydroxylation is 2. The number of anilines is 1. The molecular weight excluding hydrogens is 192 g/mol. The Bertz CT molecular complexity index is 303. The topological polar surface area (TPSA) is 59.9 Å². The molecule has 0 fully saturated rings. The number of nitrogens with one attached hydrogen (secondary N) is 1. The van der Waals surface area contributed by atoms with E-state index in [1.807, 2.05) is 20.8 Å². The number of rotatable bonds is 6. The number of hydrogen-bond donors (Lipinski definition) is 1. The first-order valence-electron chi connectivity index (χ1n) is 5.23. The molecule has 5 nitrogen and oxygen atoms in total. The van der Waals surface area contributed by atoms with Crippen LogP contribution in [-0.2, 0) is 4.74 Å². The summed E-state index contributed by atoms with van der Waals surface area (Å²) in [6.45, 7) is 8.15. The van der Waals surface area contributed by atoms with Gasteiger partial charge in [-0.05, 0) is 27.2 Å². The summed E-state index contributed by atoms with van der Waals surface area (Å²) in [4.78, 5) is 4.26. The van der Waals surface area contributed by atoms with Gasteiger partial charge in [0.15, 0.2) is 0 Å². The maximum atomic E-state index is 5.22. The standard InChI is InChI=1S/C10H18N4O/c1-4-15-7-5-6-11-10-12-8(2)9(3)13-14-10/h4-7H2,1-3H3,(H,11,12,14). The molecule has 0 aliphatic rings. The van der Waals surface area contributed by atoms with E-state index in [-0.39, 0.29) is 0 Å². The van der Waals surface area contributed by atoms with Gasteiger partial charge in [0.05, 0.1) is 11.4 Å². The highest BCUT2D eigenvalue weighted by molar-refractivity contribution is 5.24. The number of hydrogen-bond acceptors (Lipinski definition) is 5. The Balaban J connectivity index is 2.28. The number of nitrogens with zero attached hydrogens (tertiary/aromatic N) is 3.